The first kappa shape index (κ1) is 39.0. The summed E-state index contributed by atoms with van der Waals surface area (Å²) in [5, 5.41) is 2.98. The lowest BCUT2D eigenvalue weighted by Crippen LogP contribution is -2.52. The molecular formula is C36H60F3N5O3. The Morgan fingerprint density at radius 2 is 1.81 bits per heavy atom. The molecule has 268 valence electrons. The molecule has 5 atom stereocenters. The molecule has 11 heteroatoms. The predicted molar refractivity (Wildman–Crippen MR) is 182 cm³/mol. The summed E-state index contributed by atoms with van der Waals surface area (Å²) in [6.07, 6.45) is 10.6. The Bertz CT molecular complexity index is 1200. The van der Waals surface area contributed by atoms with Gasteiger partial charge in [-0.25, -0.2) is 27.8 Å². The van der Waals surface area contributed by atoms with Gasteiger partial charge < -0.3 is 15.5 Å². The molecule has 4 aliphatic rings. The van der Waals surface area contributed by atoms with Crippen LogP contribution in [-0.4, -0.2) is 64.5 Å². The summed E-state index contributed by atoms with van der Waals surface area (Å²) in [6, 6.07) is -0.220. The molecule has 1 aliphatic carbocycles. The highest BCUT2D eigenvalue weighted by atomic mass is 19.3. The SMILES string of the molecule is CC(C)(C)C(C)(F)F.CC(CC1CCC1)c1cn2c(n1)N=C(C1COCCC1(C)F)C(C[C@H]1CCCNC1=O)N2.CCC(=O)C(C)C. The number of imidazole rings is 1. The van der Waals surface area contributed by atoms with Crippen LogP contribution in [0.3, 0.4) is 0 Å². The van der Waals surface area contributed by atoms with Gasteiger partial charge in [0.05, 0.1) is 36.2 Å². The van der Waals surface area contributed by atoms with Crippen molar-refractivity contribution >= 4 is 23.4 Å². The van der Waals surface area contributed by atoms with Gasteiger partial charge in [-0.05, 0) is 45.4 Å². The number of fused-ring (bicyclic) bond motifs is 1. The van der Waals surface area contributed by atoms with Crippen molar-refractivity contribution in [3.8, 4) is 0 Å². The van der Waals surface area contributed by atoms with Crippen molar-refractivity contribution in [1.29, 1.82) is 0 Å². The average molecular weight is 668 g/mol. The zero-order valence-corrected chi connectivity index (χ0v) is 30.2. The van der Waals surface area contributed by atoms with Crippen LogP contribution in [-0.2, 0) is 14.3 Å². The molecule has 0 radical (unpaired) electrons. The van der Waals surface area contributed by atoms with Crippen LogP contribution < -0.4 is 10.7 Å². The number of carbonyl (C=O) groups excluding carboxylic acids is 2. The first-order chi connectivity index (χ1) is 21.8. The zero-order chi connectivity index (χ0) is 35.2. The fourth-order valence-electron chi connectivity index (χ4n) is 6.04. The highest BCUT2D eigenvalue weighted by Crippen LogP contribution is 2.39. The number of amides is 1. The Hall–Kier alpha value is -2.43. The van der Waals surface area contributed by atoms with Crippen molar-refractivity contribution in [2.75, 3.05) is 25.2 Å². The van der Waals surface area contributed by atoms with E-state index in [-0.39, 0.29) is 23.8 Å². The number of rotatable bonds is 8. The third kappa shape index (κ3) is 10.8. The molecule has 0 aromatic carbocycles. The van der Waals surface area contributed by atoms with E-state index in [9.17, 15) is 18.4 Å². The summed E-state index contributed by atoms with van der Waals surface area (Å²) in [5.74, 6) is -0.679. The van der Waals surface area contributed by atoms with E-state index >= 15 is 4.39 Å². The number of carbonyl (C=O) groups is 2. The van der Waals surface area contributed by atoms with Crippen LogP contribution in [0.2, 0.25) is 0 Å². The maximum Gasteiger partial charge on any atom is 0.250 e. The maximum absolute atomic E-state index is 15.6. The number of Topliss-reactive ketones (excluding diaryl/α,β-unsaturated/α-hetero) is 1. The van der Waals surface area contributed by atoms with E-state index in [0.29, 0.717) is 50.1 Å². The van der Waals surface area contributed by atoms with E-state index in [4.69, 9.17) is 14.7 Å². The normalized spacial score (nSPS) is 27.0. The number of ether oxygens (including phenoxy) is 1. The second-order valence-electron chi connectivity index (χ2n) is 15.6. The Morgan fingerprint density at radius 3 is 2.30 bits per heavy atom. The Kier molecular flexibility index (Phi) is 13.5. The van der Waals surface area contributed by atoms with Crippen molar-refractivity contribution in [3.05, 3.63) is 11.9 Å². The molecule has 1 aromatic heterocycles. The van der Waals surface area contributed by atoms with Crippen molar-refractivity contribution in [2.45, 2.75) is 144 Å². The van der Waals surface area contributed by atoms with Crippen LogP contribution in [0.1, 0.15) is 132 Å². The molecule has 4 unspecified atom stereocenters. The number of aromatic nitrogens is 2. The smallest absolute Gasteiger partial charge is 0.250 e. The van der Waals surface area contributed by atoms with Crippen molar-refractivity contribution in [3.63, 3.8) is 0 Å². The second-order valence-corrected chi connectivity index (χ2v) is 15.6. The maximum atomic E-state index is 15.6. The molecule has 47 heavy (non-hydrogen) atoms. The number of aliphatic imine (C=N–C) groups is 1. The fraction of sp³-hybridized carbons (Fsp3) is 0.833. The van der Waals surface area contributed by atoms with Crippen molar-refractivity contribution in [1.82, 2.24) is 15.0 Å². The molecular weight excluding hydrogens is 607 g/mol. The number of ketones is 1. The van der Waals surface area contributed by atoms with E-state index in [2.05, 4.69) is 17.7 Å². The number of halogens is 3. The van der Waals surface area contributed by atoms with Crippen LogP contribution >= 0.6 is 0 Å². The van der Waals surface area contributed by atoms with Crippen LogP contribution in [0.25, 0.3) is 0 Å². The monoisotopic (exact) mass is 667 g/mol. The second kappa shape index (κ2) is 16.3. The number of nitrogens with zero attached hydrogens (tertiary/aromatic N) is 3. The van der Waals surface area contributed by atoms with Crippen LogP contribution in [0, 0.1) is 29.1 Å². The minimum Gasteiger partial charge on any atom is -0.381 e. The number of piperidine rings is 1. The molecule has 4 heterocycles. The molecule has 3 fully saturated rings. The van der Waals surface area contributed by atoms with Crippen LogP contribution in [0.5, 0.6) is 0 Å². The van der Waals surface area contributed by atoms with Gasteiger partial charge >= 0.3 is 0 Å². The summed E-state index contributed by atoms with van der Waals surface area (Å²) in [6.45, 7) is 16.6. The Morgan fingerprint density at radius 1 is 1.15 bits per heavy atom. The average Bonchev–Trinajstić information content (AvgIpc) is 3.38. The Labute approximate surface area is 280 Å². The van der Waals surface area contributed by atoms with Gasteiger partial charge in [0.1, 0.15) is 11.5 Å². The predicted octanol–water partition coefficient (Wildman–Crippen LogP) is 8.17. The molecule has 3 aliphatic heterocycles. The van der Waals surface area contributed by atoms with Gasteiger partial charge in [0.25, 0.3) is 0 Å². The number of hydrogen-bond donors (Lipinski definition) is 2. The van der Waals surface area contributed by atoms with Crippen LogP contribution in [0.15, 0.2) is 11.2 Å². The molecule has 1 aromatic rings. The molecule has 1 amide bonds. The molecule has 2 N–H and O–H groups in total. The van der Waals surface area contributed by atoms with Gasteiger partial charge in [-0.15, -0.1) is 0 Å². The van der Waals surface area contributed by atoms with Gasteiger partial charge in [-0.2, -0.15) is 0 Å². The number of hydrogen-bond acceptors (Lipinski definition) is 6. The molecule has 1 saturated carbocycles. The molecule has 0 spiro atoms. The lowest BCUT2D eigenvalue weighted by molar-refractivity contribution is -0.126. The summed E-state index contributed by atoms with van der Waals surface area (Å²) in [7, 11) is 0. The lowest BCUT2D eigenvalue weighted by Gasteiger charge is -2.40. The minimum atomic E-state index is -2.56. The largest absolute Gasteiger partial charge is 0.381 e. The van der Waals surface area contributed by atoms with Gasteiger partial charge in [0.15, 0.2) is 0 Å². The summed E-state index contributed by atoms with van der Waals surface area (Å²) >= 11 is 0. The summed E-state index contributed by atoms with van der Waals surface area (Å²) in [4.78, 5) is 32.7. The van der Waals surface area contributed by atoms with Gasteiger partial charge in [0, 0.05) is 49.2 Å². The van der Waals surface area contributed by atoms with Crippen molar-refractivity contribution in [2.24, 2.45) is 34.1 Å². The van der Waals surface area contributed by atoms with E-state index in [1.165, 1.54) is 40.0 Å². The third-order valence-electron chi connectivity index (χ3n) is 10.3. The first-order valence-corrected chi connectivity index (χ1v) is 17.7. The molecule has 0 bridgehead atoms. The van der Waals surface area contributed by atoms with Crippen LogP contribution in [0.4, 0.5) is 19.1 Å². The zero-order valence-electron chi connectivity index (χ0n) is 30.2. The highest BCUT2D eigenvalue weighted by molar-refractivity contribution is 5.96. The number of alkyl halides is 3. The first-order valence-electron chi connectivity index (χ1n) is 17.7. The molecule has 8 nitrogen and oxygen atoms in total. The van der Waals surface area contributed by atoms with Gasteiger partial charge in [-0.3, -0.25) is 9.59 Å². The Balaban J connectivity index is 0.000000334. The molecule has 2 saturated heterocycles. The lowest BCUT2D eigenvalue weighted by atomic mass is 9.78. The standard InChI is InChI=1S/C24H36FN5O2.C6H12F2.C6H12O/c1-15(11-16-5-3-6-16)20-13-30-23(27-20)28-21(18-14-32-10-8-24(18,2)25)19(29-30)12-17-7-4-9-26-22(17)31;1-5(2,3)6(4,7)8;1-4-6(7)5(2)3/h13,15-19,29H,3-12,14H2,1-2H3,(H,26,31);1-4H3;5H,4H2,1-3H3/t15?,17-,18?,19?,24?;;/m1../s1. The molecule has 5 rings (SSSR count). The summed E-state index contributed by atoms with van der Waals surface area (Å²) in [5.41, 5.74) is 3.01. The van der Waals surface area contributed by atoms with Gasteiger partial charge in [0.2, 0.25) is 17.8 Å². The highest BCUT2D eigenvalue weighted by Gasteiger charge is 2.45. The topological polar surface area (TPSA) is 97.6 Å². The quantitative estimate of drug-likeness (QED) is 0.292. The third-order valence-corrected chi connectivity index (χ3v) is 10.3. The van der Waals surface area contributed by atoms with Gasteiger partial charge in [-0.1, -0.05) is 67.7 Å². The van der Waals surface area contributed by atoms with E-state index in [1.54, 1.807) is 6.92 Å². The number of nitrogens with one attached hydrogen (secondary N) is 2. The van der Waals surface area contributed by atoms with E-state index in [1.807, 2.05) is 31.6 Å². The fourth-order valence-corrected chi connectivity index (χ4v) is 6.04. The minimum absolute atomic E-state index is 0.0894. The van der Waals surface area contributed by atoms with E-state index < -0.39 is 22.9 Å². The van der Waals surface area contributed by atoms with E-state index in [0.717, 1.165) is 50.1 Å². The summed E-state index contributed by atoms with van der Waals surface area (Å²) < 4.78 is 47.6. The van der Waals surface area contributed by atoms with Crippen molar-refractivity contribution < 1.29 is 27.5 Å².